The van der Waals surface area contributed by atoms with E-state index in [4.69, 9.17) is 4.42 Å². The number of aryl methyl sites for hydroxylation is 1. The first-order chi connectivity index (χ1) is 8.11. The lowest BCUT2D eigenvalue weighted by Crippen LogP contribution is -2.14. The van der Waals surface area contributed by atoms with E-state index >= 15 is 0 Å². The molecule has 2 rings (SSSR count). The molecule has 90 valence electrons. The average molecular weight is 234 g/mol. The van der Waals surface area contributed by atoms with Crippen LogP contribution in [0.25, 0.3) is 11.5 Å². The molecular weight excluding hydrogens is 220 g/mol. The second-order valence-electron chi connectivity index (χ2n) is 3.82. The lowest BCUT2D eigenvalue weighted by molar-refractivity contribution is 0.441. The molecule has 0 amide bonds. The maximum atomic E-state index is 11.5. The van der Waals surface area contributed by atoms with E-state index in [-0.39, 0.29) is 11.6 Å². The predicted molar refractivity (Wildman–Crippen MR) is 62.4 cm³/mol. The Labute approximate surface area is 98.3 Å². The van der Waals surface area contributed by atoms with Crippen LogP contribution in [0.15, 0.2) is 27.5 Å². The molecule has 1 N–H and O–H groups in total. The quantitative estimate of drug-likeness (QED) is 0.847. The molecule has 0 aliphatic carbocycles. The van der Waals surface area contributed by atoms with Crippen LogP contribution in [0.3, 0.4) is 0 Å². The Bertz CT molecular complexity index is 573. The van der Waals surface area contributed by atoms with Gasteiger partial charge in [0.05, 0.1) is 6.04 Å². The van der Waals surface area contributed by atoms with Gasteiger partial charge in [0.15, 0.2) is 0 Å². The van der Waals surface area contributed by atoms with Gasteiger partial charge in [-0.05, 0) is 20.0 Å². The summed E-state index contributed by atoms with van der Waals surface area (Å²) in [6, 6.07) is 3.23. The number of hydrogen-bond donors (Lipinski definition) is 1. The first kappa shape index (κ1) is 11.5. The molecule has 0 fully saturated rings. The van der Waals surface area contributed by atoms with Gasteiger partial charge in [-0.1, -0.05) is 0 Å². The largest absolute Gasteiger partial charge is 0.419 e. The molecule has 0 bridgehead atoms. The Morgan fingerprint density at radius 1 is 1.47 bits per heavy atom. The van der Waals surface area contributed by atoms with Gasteiger partial charge in [0.1, 0.15) is 0 Å². The summed E-state index contributed by atoms with van der Waals surface area (Å²) in [5.41, 5.74) is 0.527. The zero-order chi connectivity index (χ0) is 12.4. The van der Waals surface area contributed by atoms with Gasteiger partial charge in [0.2, 0.25) is 11.8 Å². The summed E-state index contributed by atoms with van der Waals surface area (Å²) in [6.45, 7) is 1.92. The maximum absolute atomic E-state index is 11.5. The molecule has 0 spiro atoms. The van der Waals surface area contributed by atoms with Crippen LogP contribution in [0.2, 0.25) is 0 Å². The Kier molecular flexibility index (Phi) is 3.06. The molecular formula is C11H14N4O2. The van der Waals surface area contributed by atoms with Crippen LogP contribution >= 0.6 is 0 Å². The molecule has 0 aliphatic rings. The molecule has 2 aromatic heterocycles. The highest BCUT2D eigenvalue weighted by Gasteiger charge is 2.13. The van der Waals surface area contributed by atoms with E-state index in [1.807, 2.05) is 14.0 Å². The minimum absolute atomic E-state index is 0.0113. The van der Waals surface area contributed by atoms with Crippen molar-refractivity contribution in [1.29, 1.82) is 0 Å². The van der Waals surface area contributed by atoms with Crippen LogP contribution in [0, 0.1) is 0 Å². The number of nitrogens with one attached hydrogen (secondary N) is 1. The van der Waals surface area contributed by atoms with Gasteiger partial charge in [0.25, 0.3) is 5.56 Å². The zero-order valence-corrected chi connectivity index (χ0v) is 9.97. The van der Waals surface area contributed by atoms with Gasteiger partial charge in [-0.3, -0.25) is 4.79 Å². The van der Waals surface area contributed by atoms with E-state index in [9.17, 15) is 4.79 Å². The van der Waals surface area contributed by atoms with Gasteiger partial charge in [0, 0.05) is 24.9 Å². The molecule has 1 unspecified atom stereocenters. The van der Waals surface area contributed by atoms with Gasteiger partial charge in [-0.25, -0.2) is 0 Å². The van der Waals surface area contributed by atoms with Crippen molar-refractivity contribution in [3.05, 3.63) is 34.6 Å². The minimum atomic E-state index is -0.107. The lowest BCUT2D eigenvalue weighted by atomic mass is 10.3. The van der Waals surface area contributed by atoms with E-state index in [2.05, 4.69) is 15.5 Å². The fourth-order valence-corrected chi connectivity index (χ4v) is 1.33. The predicted octanol–water partition coefficient (Wildman–Crippen LogP) is 0.716. The number of pyridine rings is 1. The molecule has 0 aliphatic heterocycles. The Morgan fingerprint density at radius 3 is 2.88 bits per heavy atom. The van der Waals surface area contributed by atoms with Gasteiger partial charge in [-0.2, -0.15) is 0 Å². The van der Waals surface area contributed by atoms with E-state index in [0.29, 0.717) is 17.3 Å². The van der Waals surface area contributed by atoms with Crippen molar-refractivity contribution >= 4 is 0 Å². The molecule has 17 heavy (non-hydrogen) atoms. The zero-order valence-electron chi connectivity index (χ0n) is 9.97. The van der Waals surface area contributed by atoms with Crippen molar-refractivity contribution in [1.82, 2.24) is 20.1 Å². The second kappa shape index (κ2) is 4.50. The molecule has 0 radical (unpaired) electrons. The van der Waals surface area contributed by atoms with E-state index in [1.54, 1.807) is 19.3 Å². The summed E-state index contributed by atoms with van der Waals surface area (Å²) < 4.78 is 6.97. The van der Waals surface area contributed by atoms with Crippen molar-refractivity contribution < 1.29 is 4.42 Å². The van der Waals surface area contributed by atoms with E-state index < -0.39 is 0 Å². The Morgan fingerprint density at radius 2 is 2.24 bits per heavy atom. The number of aromatic nitrogens is 3. The monoisotopic (exact) mass is 234 g/mol. The minimum Gasteiger partial charge on any atom is -0.419 e. The van der Waals surface area contributed by atoms with Crippen LogP contribution in [0.5, 0.6) is 0 Å². The maximum Gasteiger partial charge on any atom is 0.251 e. The standard InChI is InChI=1S/C11H14N4O2/c1-7(12-2)10-13-14-11(17-10)8-4-5-15(3)9(16)6-8/h4-7,12H,1-3H3. The highest BCUT2D eigenvalue weighted by atomic mass is 16.4. The molecule has 6 nitrogen and oxygen atoms in total. The summed E-state index contributed by atoms with van der Waals surface area (Å²) in [5, 5.41) is 10.9. The van der Waals surface area contributed by atoms with Gasteiger partial charge in [-0.15, -0.1) is 10.2 Å². The third-order valence-electron chi connectivity index (χ3n) is 2.60. The number of hydrogen-bond acceptors (Lipinski definition) is 5. The smallest absolute Gasteiger partial charge is 0.251 e. The summed E-state index contributed by atoms with van der Waals surface area (Å²) >= 11 is 0. The molecule has 1 atom stereocenters. The molecule has 2 aromatic rings. The normalized spacial score (nSPS) is 12.6. The Balaban J connectivity index is 2.37. The molecule has 0 saturated heterocycles. The molecule has 0 aromatic carbocycles. The van der Waals surface area contributed by atoms with Crippen molar-refractivity contribution in [3.8, 4) is 11.5 Å². The molecule has 2 heterocycles. The highest BCUT2D eigenvalue weighted by Crippen LogP contribution is 2.18. The number of nitrogens with zero attached hydrogens (tertiary/aromatic N) is 3. The van der Waals surface area contributed by atoms with Crippen molar-refractivity contribution in [3.63, 3.8) is 0 Å². The van der Waals surface area contributed by atoms with Crippen LogP contribution in [-0.2, 0) is 7.05 Å². The summed E-state index contributed by atoms with van der Waals surface area (Å²) in [5.74, 6) is 0.864. The second-order valence-corrected chi connectivity index (χ2v) is 3.82. The van der Waals surface area contributed by atoms with Crippen molar-refractivity contribution in [2.24, 2.45) is 7.05 Å². The Hall–Kier alpha value is -1.95. The van der Waals surface area contributed by atoms with Crippen LogP contribution in [-0.4, -0.2) is 21.8 Å². The van der Waals surface area contributed by atoms with Crippen LogP contribution < -0.4 is 10.9 Å². The average Bonchev–Trinajstić information content (AvgIpc) is 2.81. The first-order valence-electron chi connectivity index (χ1n) is 5.29. The number of rotatable bonds is 3. The van der Waals surface area contributed by atoms with Crippen molar-refractivity contribution in [2.75, 3.05) is 7.05 Å². The third-order valence-corrected chi connectivity index (χ3v) is 2.60. The summed E-state index contributed by atoms with van der Waals surface area (Å²) in [6.07, 6.45) is 1.67. The first-order valence-corrected chi connectivity index (χ1v) is 5.29. The van der Waals surface area contributed by atoms with Crippen LogP contribution in [0.4, 0.5) is 0 Å². The topological polar surface area (TPSA) is 73.0 Å². The van der Waals surface area contributed by atoms with Crippen LogP contribution in [0.1, 0.15) is 18.9 Å². The fraction of sp³-hybridized carbons (Fsp3) is 0.364. The van der Waals surface area contributed by atoms with Gasteiger partial charge >= 0.3 is 0 Å². The SMILES string of the molecule is CNC(C)c1nnc(-c2ccn(C)c(=O)c2)o1. The lowest BCUT2D eigenvalue weighted by Gasteiger charge is -2.02. The van der Waals surface area contributed by atoms with E-state index in [1.165, 1.54) is 10.6 Å². The van der Waals surface area contributed by atoms with Crippen molar-refractivity contribution in [2.45, 2.75) is 13.0 Å². The van der Waals surface area contributed by atoms with E-state index in [0.717, 1.165) is 0 Å². The van der Waals surface area contributed by atoms with Gasteiger partial charge < -0.3 is 14.3 Å². The molecule has 6 heteroatoms. The molecule has 0 saturated carbocycles. The fourth-order valence-electron chi connectivity index (χ4n) is 1.33. The summed E-state index contributed by atoms with van der Waals surface area (Å²) in [7, 11) is 3.50. The summed E-state index contributed by atoms with van der Waals surface area (Å²) in [4.78, 5) is 11.5. The third kappa shape index (κ3) is 2.26. The highest BCUT2D eigenvalue weighted by molar-refractivity contribution is 5.50.